The Morgan fingerprint density at radius 3 is 2.45 bits per heavy atom. The van der Waals surface area contributed by atoms with E-state index >= 15 is 0 Å². The lowest BCUT2D eigenvalue weighted by molar-refractivity contribution is -0.374. The number of Topliss-reactive ketones (excluding diaryl/α,β-unsaturated/α-hetero) is 2. The van der Waals surface area contributed by atoms with Crippen molar-refractivity contribution in [3.63, 3.8) is 0 Å². The zero-order valence-electron chi connectivity index (χ0n) is 15.1. The van der Waals surface area contributed by atoms with Gasteiger partial charge in [-0.05, 0) is 24.1 Å². The summed E-state index contributed by atoms with van der Waals surface area (Å²) in [5, 5.41) is 10.7. The van der Waals surface area contributed by atoms with E-state index in [0.29, 0.717) is 12.0 Å². The second-order valence-electron chi connectivity index (χ2n) is 7.12. The van der Waals surface area contributed by atoms with Gasteiger partial charge in [0.1, 0.15) is 11.7 Å². The number of ether oxygens (including phenoxy) is 1. The monoisotopic (exact) mass is 406 g/mol. The topological polar surface area (TPSA) is 76.7 Å². The second kappa shape index (κ2) is 6.88. The Labute approximate surface area is 163 Å². The van der Waals surface area contributed by atoms with Gasteiger partial charge in [-0.3, -0.25) is 9.59 Å². The van der Waals surface area contributed by atoms with Gasteiger partial charge in [0.05, 0.1) is 6.26 Å². The summed E-state index contributed by atoms with van der Waals surface area (Å²) in [5.74, 6) is -9.30. The van der Waals surface area contributed by atoms with Crippen molar-refractivity contribution < 1.29 is 37.0 Å². The van der Waals surface area contributed by atoms with Gasteiger partial charge in [0, 0.05) is 24.3 Å². The van der Waals surface area contributed by atoms with Crippen LogP contribution in [-0.2, 0) is 9.53 Å². The number of hydrogen-bond donors (Lipinski definition) is 1. The normalized spacial score (nSPS) is 27.4. The molecular formula is C21H17F3O5. The maximum Gasteiger partial charge on any atom is 0.456 e. The third-order valence-electron chi connectivity index (χ3n) is 5.36. The number of halogens is 3. The molecular weight excluding hydrogens is 389 g/mol. The summed E-state index contributed by atoms with van der Waals surface area (Å²) in [6, 6.07) is 10.5. The molecule has 3 unspecified atom stereocenters. The van der Waals surface area contributed by atoms with Gasteiger partial charge in [-0.1, -0.05) is 30.3 Å². The predicted molar refractivity (Wildman–Crippen MR) is 93.7 cm³/mol. The molecule has 1 aliphatic heterocycles. The molecule has 2 aliphatic rings. The van der Waals surface area contributed by atoms with Crippen LogP contribution < -0.4 is 0 Å². The fraction of sp³-hybridized carbons (Fsp3) is 0.333. The van der Waals surface area contributed by atoms with E-state index in [1.54, 1.807) is 18.2 Å². The maximum absolute atomic E-state index is 14.1. The fourth-order valence-electron chi connectivity index (χ4n) is 4.09. The molecule has 1 N–H and O–H groups in total. The Morgan fingerprint density at radius 2 is 1.83 bits per heavy atom. The molecule has 1 aromatic heterocycles. The van der Waals surface area contributed by atoms with E-state index in [9.17, 15) is 27.9 Å². The van der Waals surface area contributed by atoms with E-state index in [1.807, 2.05) is 0 Å². The van der Waals surface area contributed by atoms with Crippen LogP contribution in [0, 0.1) is 5.92 Å². The minimum Gasteiger partial charge on any atom is -0.461 e. The zero-order chi connectivity index (χ0) is 20.8. The number of carbonyl (C=O) groups excluding carboxylic acids is 2. The molecule has 1 aliphatic carbocycles. The van der Waals surface area contributed by atoms with Crippen molar-refractivity contribution in [3.05, 3.63) is 71.4 Å². The first kappa shape index (κ1) is 19.4. The Hall–Kier alpha value is -2.87. The van der Waals surface area contributed by atoms with Crippen LogP contribution in [0.3, 0.4) is 0 Å². The molecule has 3 atom stereocenters. The number of ketones is 2. The van der Waals surface area contributed by atoms with Crippen molar-refractivity contribution in [2.75, 3.05) is 0 Å². The van der Waals surface area contributed by atoms with Gasteiger partial charge in [-0.15, -0.1) is 0 Å². The number of hydrogen-bond acceptors (Lipinski definition) is 5. The number of alkyl halides is 3. The van der Waals surface area contributed by atoms with Crippen LogP contribution in [0.5, 0.6) is 0 Å². The maximum atomic E-state index is 14.1. The number of carbonyl (C=O) groups is 2. The highest BCUT2D eigenvalue weighted by atomic mass is 19.4. The van der Waals surface area contributed by atoms with E-state index in [-0.39, 0.29) is 35.7 Å². The van der Waals surface area contributed by atoms with Crippen molar-refractivity contribution in [2.45, 2.75) is 37.1 Å². The first-order valence-corrected chi connectivity index (χ1v) is 9.11. The highest BCUT2D eigenvalue weighted by Gasteiger charge is 2.69. The summed E-state index contributed by atoms with van der Waals surface area (Å²) in [6.45, 7) is 0. The molecule has 5 nitrogen and oxygen atoms in total. The van der Waals surface area contributed by atoms with E-state index in [1.165, 1.54) is 24.3 Å². The predicted octanol–water partition coefficient (Wildman–Crippen LogP) is 4.15. The molecule has 0 saturated carbocycles. The molecule has 0 fully saturated rings. The van der Waals surface area contributed by atoms with Crippen molar-refractivity contribution in [1.82, 2.24) is 0 Å². The minimum atomic E-state index is -5.29. The molecule has 0 radical (unpaired) electrons. The fourth-order valence-corrected chi connectivity index (χ4v) is 4.09. The average Bonchev–Trinajstić information content (AvgIpc) is 3.21. The van der Waals surface area contributed by atoms with Crippen molar-refractivity contribution in [1.29, 1.82) is 0 Å². The van der Waals surface area contributed by atoms with Gasteiger partial charge in [-0.2, -0.15) is 13.2 Å². The van der Waals surface area contributed by atoms with Gasteiger partial charge in [0.2, 0.25) is 5.78 Å². The van der Waals surface area contributed by atoms with Crippen LogP contribution >= 0.6 is 0 Å². The number of benzene rings is 1. The lowest BCUT2D eigenvalue weighted by atomic mass is 9.68. The molecule has 2 heterocycles. The summed E-state index contributed by atoms with van der Waals surface area (Å²) in [5.41, 5.74) is 0.326. The van der Waals surface area contributed by atoms with Gasteiger partial charge in [0.25, 0.3) is 0 Å². The van der Waals surface area contributed by atoms with Crippen LogP contribution in [0.1, 0.15) is 41.3 Å². The molecule has 152 valence electrons. The Kier molecular flexibility index (Phi) is 4.61. The van der Waals surface area contributed by atoms with Crippen LogP contribution in [-0.4, -0.2) is 28.6 Å². The molecule has 2 aromatic rings. The van der Waals surface area contributed by atoms with Gasteiger partial charge >= 0.3 is 12.0 Å². The molecule has 0 saturated heterocycles. The highest BCUT2D eigenvalue weighted by molar-refractivity contribution is 6.02. The van der Waals surface area contributed by atoms with E-state index in [0.717, 1.165) is 6.26 Å². The van der Waals surface area contributed by atoms with Gasteiger partial charge in [0.15, 0.2) is 11.5 Å². The quantitative estimate of drug-likeness (QED) is 0.775. The third-order valence-corrected chi connectivity index (χ3v) is 5.36. The Bertz CT molecular complexity index is 962. The molecule has 29 heavy (non-hydrogen) atoms. The number of aliphatic hydroxyl groups is 1. The van der Waals surface area contributed by atoms with Crippen LogP contribution in [0.15, 0.2) is 64.5 Å². The van der Waals surface area contributed by atoms with Gasteiger partial charge in [-0.25, -0.2) is 0 Å². The standard InChI is InChI=1S/C21H17F3O5/c22-21(23,24)20(27)18(19(26)15-10-5-11-28-15)16(12-6-2-1-3-7-12)17-13(25)8-4-9-14(17)29-20/h1-3,5-7,10-11,16,18,27H,4,8-9H2. The lowest BCUT2D eigenvalue weighted by Crippen LogP contribution is -2.60. The molecule has 8 heteroatoms. The first-order valence-electron chi connectivity index (χ1n) is 9.11. The summed E-state index contributed by atoms with van der Waals surface area (Å²) in [7, 11) is 0. The zero-order valence-corrected chi connectivity index (χ0v) is 15.1. The van der Waals surface area contributed by atoms with E-state index < -0.39 is 29.6 Å². The highest BCUT2D eigenvalue weighted by Crippen LogP contribution is 2.54. The Morgan fingerprint density at radius 1 is 1.10 bits per heavy atom. The number of furan rings is 1. The summed E-state index contributed by atoms with van der Waals surface area (Å²) >= 11 is 0. The van der Waals surface area contributed by atoms with Crippen LogP contribution in [0.25, 0.3) is 0 Å². The minimum absolute atomic E-state index is 0.0151. The van der Waals surface area contributed by atoms with Crippen molar-refractivity contribution in [3.8, 4) is 0 Å². The summed E-state index contributed by atoms with van der Waals surface area (Å²) in [4.78, 5) is 25.8. The molecule has 0 amide bonds. The third kappa shape index (κ3) is 3.07. The Balaban J connectivity index is 1.98. The molecule has 0 bridgehead atoms. The van der Waals surface area contributed by atoms with Gasteiger partial charge < -0.3 is 14.3 Å². The van der Waals surface area contributed by atoms with Crippen LogP contribution in [0.4, 0.5) is 13.2 Å². The molecule has 4 rings (SSSR count). The SMILES string of the molecule is O=C1CCCC2=C1C(c1ccccc1)C(C(=O)c1ccco1)C(O)(C(F)(F)F)O2. The molecule has 0 spiro atoms. The van der Waals surface area contributed by atoms with Crippen molar-refractivity contribution >= 4 is 11.6 Å². The van der Waals surface area contributed by atoms with Crippen LogP contribution in [0.2, 0.25) is 0 Å². The largest absolute Gasteiger partial charge is 0.461 e. The number of rotatable bonds is 3. The first-order chi connectivity index (χ1) is 13.7. The van der Waals surface area contributed by atoms with Crippen molar-refractivity contribution in [2.24, 2.45) is 5.92 Å². The lowest BCUT2D eigenvalue weighted by Gasteiger charge is -2.46. The number of allylic oxidation sites excluding steroid dienone is 2. The van der Waals surface area contributed by atoms with E-state index in [2.05, 4.69) is 0 Å². The second-order valence-corrected chi connectivity index (χ2v) is 7.12. The van der Waals surface area contributed by atoms with E-state index in [4.69, 9.17) is 9.15 Å². The average molecular weight is 406 g/mol. The molecule has 1 aromatic carbocycles. The summed E-state index contributed by atoms with van der Waals surface area (Å²) in [6.07, 6.45) is -3.62. The smallest absolute Gasteiger partial charge is 0.456 e. The summed E-state index contributed by atoms with van der Waals surface area (Å²) < 4.78 is 52.2.